The molecule has 0 aromatic rings. The minimum Gasteiger partial charge on any atom is -0.330 e. The van der Waals surface area contributed by atoms with E-state index in [1.165, 1.54) is 84.1 Å². The van der Waals surface area contributed by atoms with Crippen molar-refractivity contribution in [2.24, 2.45) is 11.7 Å². The standard InChI is InChI=1S/C17H35N3/c1-2-16-6-8-17(9-7-16)20-14-12-19(13-15-20)11-5-3-4-10-18/h16-17H,2-15,18H2,1H3. The van der Waals surface area contributed by atoms with Gasteiger partial charge in [-0.1, -0.05) is 19.8 Å². The van der Waals surface area contributed by atoms with Crippen molar-refractivity contribution in [3.63, 3.8) is 0 Å². The van der Waals surface area contributed by atoms with E-state index in [0.717, 1.165) is 18.5 Å². The first-order valence-electron chi connectivity index (χ1n) is 9.00. The molecular weight excluding hydrogens is 246 g/mol. The lowest BCUT2D eigenvalue weighted by atomic mass is 9.84. The van der Waals surface area contributed by atoms with Crippen LogP contribution in [0.2, 0.25) is 0 Å². The fourth-order valence-electron chi connectivity index (χ4n) is 3.93. The van der Waals surface area contributed by atoms with E-state index in [-0.39, 0.29) is 0 Å². The minimum absolute atomic E-state index is 0.855. The van der Waals surface area contributed by atoms with Crippen molar-refractivity contribution in [2.75, 3.05) is 39.3 Å². The third-order valence-electron chi connectivity index (χ3n) is 5.50. The highest BCUT2D eigenvalue weighted by molar-refractivity contribution is 4.83. The maximum absolute atomic E-state index is 5.55. The third-order valence-corrected chi connectivity index (χ3v) is 5.50. The van der Waals surface area contributed by atoms with Crippen LogP contribution in [0.1, 0.15) is 58.3 Å². The molecule has 0 spiro atoms. The second kappa shape index (κ2) is 9.01. The summed E-state index contributed by atoms with van der Waals surface area (Å²) in [5.74, 6) is 1.02. The molecule has 118 valence electrons. The predicted octanol–water partition coefficient (Wildman–Crippen LogP) is 2.70. The summed E-state index contributed by atoms with van der Waals surface area (Å²) in [4.78, 5) is 5.44. The van der Waals surface area contributed by atoms with Crippen LogP contribution in [0, 0.1) is 5.92 Å². The molecule has 1 heterocycles. The normalized spacial score (nSPS) is 29.7. The fraction of sp³-hybridized carbons (Fsp3) is 1.00. The lowest BCUT2D eigenvalue weighted by molar-refractivity contribution is 0.0694. The largest absolute Gasteiger partial charge is 0.330 e. The van der Waals surface area contributed by atoms with Gasteiger partial charge in [0.25, 0.3) is 0 Å². The van der Waals surface area contributed by atoms with Crippen LogP contribution in [-0.2, 0) is 0 Å². The Hall–Kier alpha value is -0.120. The summed E-state index contributed by atoms with van der Waals surface area (Å²) in [5, 5.41) is 0. The van der Waals surface area contributed by atoms with Crippen molar-refractivity contribution in [3.05, 3.63) is 0 Å². The van der Waals surface area contributed by atoms with E-state index >= 15 is 0 Å². The van der Waals surface area contributed by atoms with Gasteiger partial charge in [-0.2, -0.15) is 0 Å². The molecular formula is C17H35N3. The van der Waals surface area contributed by atoms with E-state index in [1.54, 1.807) is 0 Å². The molecule has 2 N–H and O–H groups in total. The first-order valence-corrected chi connectivity index (χ1v) is 9.00. The van der Waals surface area contributed by atoms with Gasteiger partial charge in [0.05, 0.1) is 0 Å². The van der Waals surface area contributed by atoms with Crippen molar-refractivity contribution >= 4 is 0 Å². The number of piperazine rings is 1. The van der Waals surface area contributed by atoms with E-state index in [2.05, 4.69) is 16.7 Å². The van der Waals surface area contributed by atoms with Gasteiger partial charge in [0.1, 0.15) is 0 Å². The van der Waals surface area contributed by atoms with Gasteiger partial charge >= 0.3 is 0 Å². The van der Waals surface area contributed by atoms with Crippen LogP contribution >= 0.6 is 0 Å². The van der Waals surface area contributed by atoms with E-state index in [4.69, 9.17) is 5.73 Å². The van der Waals surface area contributed by atoms with Gasteiger partial charge in [-0.15, -0.1) is 0 Å². The summed E-state index contributed by atoms with van der Waals surface area (Å²) in [6, 6.07) is 0.900. The van der Waals surface area contributed by atoms with Crippen molar-refractivity contribution in [1.82, 2.24) is 9.80 Å². The molecule has 0 atom stereocenters. The summed E-state index contributed by atoms with van der Waals surface area (Å²) in [6.07, 6.45) is 11.1. The van der Waals surface area contributed by atoms with E-state index < -0.39 is 0 Å². The van der Waals surface area contributed by atoms with E-state index in [0.29, 0.717) is 0 Å². The molecule has 0 unspecified atom stereocenters. The lowest BCUT2D eigenvalue weighted by Crippen LogP contribution is -2.51. The average molecular weight is 281 g/mol. The van der Waals surface area contributed by atoms with Crippen LogP contribution in [0.15, 0.2) is 0 Å². The molecule has 0 bridgehead atoms. The summed E-state index contributed by atoms with van der Waals surface area (Å²) < 4.78 is 0. The molecule has 3 nitrogen and oxygen atoms in total. The molecule has 0 amide bonds. The Morgan fingerprint density at radius 2 is 1.60 bits per heavy atom. The number of unbranched alkanes of at least 4 members (excludes halogenated alkanes) is 2. The summed E-state index contributed by atoms with van der Waals surface area (Å²) in [5.41, 5.74) is 5.55. The Bertz CT molecular complexity index is 241. The number of hydrogen-bond acceptors (Lipinski definition) is 3. The van der Waals surface area contributed by atoms with Crippen LogP contribution in [0.3, 0.4) is 0 Å². The van der Waals surface area contributed by atoms with Gasteiger partial charge < -0.3 is 10.6 Å². The fourth-order valence-corrected chi connectivity index (χ4v) is 3.93. The average Bonchev–Trinajstić information content (AvgIpc) is 2.52. The second-order valence-corrected chi connectivity index (χ2v) is 6.81. The first-order chi connectivity index (χ1) is 9.83. The molecule has 2 rings (SSSR count). The van der Waals surface area contributed by atoms with E-state index in [1.807, 2.05) is 0 Å². The molecule has 1 saturated carbocycles. The van der Waals surface area contributed by atoms with Crippen LogP contribution in [0.25, 0.3) is 0 Å². The molecule has 3 heteroatoms. The molecule has 1 aliphatic carbocycles. The minimum atomic E-state index is 0.855. The molecule has 20 heavy (non-hydrogen) atoms. The van der Waals surface area contributed by atoms with Crippen LogP contribution < -0.4 is 5.73 Å². The number of nitrogens with two attached hydrogens (primary N) is 1. The molecule has 2 fully saturated rings. The van der Waals surface area contributed by atoms with Crippen LogP contribution in [0.4, 0.5) is 0 Å². The van der Waals surface area contributed by atoms with E-state index in [9.17, 15) is 0 Å². The van der Waals surface area contributed by atoms with Gasteiger partial charge in [-0.05, 0) is 57.5 Å². The van der Waals surface area contributed by atoms with Gasteiger partial charge in [-0.25, -0.2) is 0 Å². The number of rotatable bonds is 7. The predicted molar refractivity (Wildman–Crippen MR) is 87.0 cm³/mol. The Morgan fingerprint density at radius 1 is 0.900 bits per heavy atom. The Labute approximate surface area is 125 Å². The third kappa shape index (κ3) is 5.01. The highest BCUT2D eigenvalue weighted by Crippen LogP contribution is 2.29. The highest BCUT2D eigenvalue weighted by atomic mass is 15.3. The number of nitrogens with zero attached hydrogens (tertiary/aromatic N) is 2. The van der Waals surface area contributed by atoms with Crippen molar-refractivity contribution in [1.29, 1.82) is 0 Å². The van der Waals surface area contributed by atoms with Gasteiger partial charge in [0.2, 0.25) is 0 Å². The maximum atomic E-state index is 5.55. The molecule has 1 saturated heterocycles. The Balaban J connectivity index is 1.59. The van der Waals surface area contributed by atoms with Crippen molar-refractivity contribution in [3.8, 4) is 0 Å². The van der Waals surface area contributed by atoms with Crippen LogP contribution in [0.5, 0.6) is 0 Å². The Kier molecular flexibility index (Phi) is 7.32. The first kappa shape index (κ1) is 16.3. The molecule has 0 aromatic carbocycles. The van der Waals surface area contributed by atoms with Gasteiger partial charge in [0, 0.05) is 32.2 Å². The highest BCUT2D eigenvalue weighted by Gasteiger charge is 2.27. The zero-order valence-corrected chi connectivity index (χ0v) is 13.5. The quantitative estimate of drug-likeness (QED) is 0.728. The summed E-state index contributed by atoms with van der Waals surface area (Å²) >= 11 is 0. The molecule has 0 radical (unpaired) electrons. The topological polar surface area (TPSA) is 32.5 Å². The monoisotopic (exact) mass is 281 g/mol. The molecule has 0 aromatic heterocycles. The molecule has 2 aliphatic rings. The summed E-state index contributed by atoms with van der Waals surface area (Å²) in [7, 11) is 0. The smallest absolute Gasteiger partial charge is 0.0113 e. The van der Waals surface area contributed by atoms with Crippen molar-refractivity contribution < 1.29 is 0 Å². The second-order valence-electron chi connectivity index (χ2n) is 6.81. The SMILES string of the molecule is CCC1CCC(N2CCN(CCCCCN)CC2)CC1. The Morgan fingerprint density at radius 3 is 2.20 bits per heavy atom. The number of hydrogen-bond donors (Lipinski definition) is 1. The zero-order chi connectivity index (χ0) is 14.2. The van der Waals surface area contributed by atoms with Crippen molar-refractivity contribution in [2.45, 2.75) is 64.3 Å². The van der Waals surface area contributed by atoms with Gasteiger partial charge in [0.15, 0.2) is 0 Å². The lowest BCUT2D eigenvalue weighted by Gasteiger charge is -2.42. The van der Waals surface area contributed by atoms with Crippen LogP contribution in [-0.4, -0.2) is 55.1 Å². The summed E-state index contributed by atoms with van der Waals surface area (Å²) in [6.45, 7) is 9.68. The molecule has 1 aliphatic heterocycles. The maximum Gasteiger partial charge on any atom is 0.0113 e. The zero-order valence-electron chi connectivity index (χ0n) is 13.5. The van der Waals surface area contributed by atoms with Gasteiger partial charge in [-0.3, -0.25) is 4.90 Å².